The van der Waals surface area contributed by atoms with Gasteiger partial charge in [-0.2, -0.15) is 0 Å². The number of rotatable bonds is 6. The summed E-state index contributed by atoms with van der Waals surface area (Å²) in [5.41, 5.74) is 4.74. The van der Waals surface area contributed by atoms with Crippen molar-refractivity contribution >= 4 is 22.5 Å². The van der Waals surface area contributed by atoms with Crippen LogP contribution in [0.2, 0.25) is 0 Å². The molecule has 1 heterocycles. The fraction of sp³-hybridized carbons (Fsp3) is 0.111. The van der Waals surface area contributed by atoms with E-state index in [2.05, 4.69) is 22.4 Å². The number of aromatic hydroxyl groups is 1. The van der Waals surface area contributed by atoms with Gasteiger partial charge in [-0.3, -0.25) is 4.79 Å². The van der Waals surface area contributed by atoms with Crippen molar-refractivity contribution in [3.8, 4) is 17.1 Å². The lowest BCUT2D eigenvalue weighted by atomic mass is 10.1. The highest BCUT2D eigenvalue weighted by Gasteiger charge is 2.18. The maximum absolute atomic E-state index is 12.7. The van der Waals surface area contributed by atoms with E-state index in [1.54, 1.807) is 12.1 Å². The molecule has 32 heavy (non-hydrogen) atoms. The lowest BCUT2D eigenvalue weighted by molar-refractivity contribution is -0.116. The molecular formula is C27H23N3O2. The van der Waals surface area contributed by atoms with Gasteiger partial charge in [0, 0.05) is 18.2 Å². The van der Waals surface area contributed by atoms with Crippen LogP contribution in [0.3, 0.4) is 0 Å². The van der Waals surface area contributed by atoms with E-state index in [4.69, 9.17) is 4.98 Å². The number of hydrogen-bond acceptors (Lipinski definition) is 3. The zero-order valence-electron chi connectivity index (χ0n) is 17.5. The van der Waals surface area contributed by atoms with Crippen molar-refractivity contribution in [3.63, 3.8) is 0 Å². The molecule has 158 valence electrons. The molecule has 3 N–H and O–H groups in total. The van der Waals surface area contributed by atoms with E-state index in [0.29, 0.717) is 25.1 Å². The number of carbonyl (C=O) groups excluding carboxylic acids is 1. The topological polar surface area (TPSA) is 78.0 Å². The van der Waals surface area contributed by atoms with Crippen LogP contribution in [-0.4, -0.2) is 21.0 Å². The zero-order chi connectivity index (χ0) is 21.9. The van der Waals surface area contributed by atoms with Gasteiger partial charge in [0.05, 0.1) is 17.1 Å². The van der Waals surface area contributed by atoms with Gasteiger partial charge in [0.25, 0.3) is 0 Å². The van der Waals surface area contributed by atoms with Crippen LogP contribution in [0.4, 0.5) is 5.82 Å². The summed E-state index contributed by atoms with van der Waals surface area (Å²) >= 11 is 0. The maximum Gasteiger partial charge on any atom is 0.225 e. The van der Waals surface area contributed by atoms with Crippen molar-refractivity contribution in [2.75, 3.05) is 5.32 Å². The largest absolute Gasteiger partial charge is 0.508 e. The highest BCUT2D eigenvalue weighted by molar-refractivity contribution is 6.01. The molecule has 1 aliphatic heterocycles. The standard InChI is InChI=1S/C27H23N3O2/c31-21-12-13-22-20(16-21)17-23-26(22)28-24(15-19-9-5-2-6-10-19)27(29-23)30-25(32)14-11-18-7-3-1-4-8-18/h1-10,12-13,16-17,28,31H,11,14-15H2,(H,30,32). The van der Waals surface area contributed by atoms with E-state index >= 15 is 0 Å². The Labute approximate surface area is 186 Å². The number of carbonyl (C=O) groups is 1. The molecule has 0 spiro atoms. The first kappa shape index (κ1) is 19.8. The molecule has 3 aromatic carbocycles. The number of phenols is 1. The minimum atomic E-state index is -0.0721. The Morgan fingerprint density at radius 1 is 0.906 bits per heavy atom. The first-order chi connectivity index (χ1) is 15.7. The second kappa shape index (κ2) is 8.55. The Morgan fingerprint density at radius 3 is 2.38 bits per heavy atom. The Morgan fingerprint density at radius 2 is 1.62 bits per heavy atom. The van der Waals surface area contributed by atoms with Crippen molar-refractivity contribution in [1.29, 1.82) is 0 Å². The highest BCUT2D eigenvalue weighted by Crippen LogP contribution is 2.35. The molecule has 0 fully saturated rings. The Hall–Kier alpha value is -4.12. The minimum absolute atomic E-state index is 0.0721. The first-order valence-electron chi connectivity index (χ1n) is 10.7. The normalized spacial score (nSPS) is 11.1. The quantitative estimate of drug-likeness (QED) is 0.337. The third-order valence-corrected chi connectivity index (χ3v) is 5.61. The van der Waals surface area contributed by atoms with Crippen LogP contribution in [0.15, 0.2) is 84.9 Å². The number of hydrogen-bond donors (Lipinski definition) is 3. The van der Waals surface area contributed by atoms with E-state index < -0.39 is 0 Å². The predicted octanol–water partition coefficient (Wildman–Crippen LogP) is 5.54. The number of anilines is 1. The number of benzene rings is 3. The molecule has 5 nitrogen and oxygen atoms in total. The third-order valence-electron chi connectivity index (χ3n) is 5.61. The molecule has 0 radical (unpaired) electrons. The number of nitrogens with one attached hydrogen (secondary N) is 2. The van der Waals surface area contributed by atoms with Crippen molar-refractivity contribution in [1.82, 2.24) is 9.97 Å². The number of H-pyrrole nitrogens is 1. The number of aromatic amines is 1. The van der Waals surface area contributed by atoms with Gasteiger partial charge in [-0.15, -0.1) is 0 Å². The molecule has 0 aromatic heterocycles. The molecule has 5 heteroatoms. The van der Waals surface area contributed by atoms with Gasteiger partial charge in [0.15, 0.2) is 5.82 Å². The average molecular weight is 422 g/mol. The second-order valence-corrected chi connectivity index (χ2v) is 7.94. The number of phenolic OH excluding ortho intramolecular Hbond substituents is 1. The van der Waals surface area contributed by atoms with Gasteiger partial charge in [0.2, 0.25) is 5.91 Å². The average Bonchev–Trinajstić information content (AvgIpc) is 3.15. The molecule has 1 aliphatic carbocycles. The summed E-state index contributed by atoms with van der Waals surface area (Å²) < 4.78 is 0. The molecule has 2 aliphatic rings. The van der Waals surface area contributed by atoms with Crippen LogP contribution in [0.5, 0.6) is 5.75 Å². The van der Waals surface area contributed by atoms with Crippen LogP contribution in [0, 0.1) is 0 Å². The van der Waals surface area contributed by atoms with E-state index in [9.17, 15) is 9.90 Å². The number of aromatic nitrogens is 2. The summed E-state index contributed by atoms with van der Waals surface area (Å²) in [7, 11) is 0. The van der Waals surface area contributed by atoms with Crippen molar-refractivity contribution in [2.24, 2.45) is 0 Å². The first-order valence-corrected chi connectivity index (χ1v) is 10.7. The second-order valence-electron chi connectivity index (χ2n) is 7.94. The number of fused-ring (bicyclic) bond motifs is 3. The molecule has 1 amide bonds. The molecule has 0 atom stereocenters. The lowest BCUT2D eigenvalue weighted by Gasteiger charge is -2.14. The molecule has 0 unspecified atom stereocenters. The van der Waals surface area contributed by atoms with Gasteiger partial charge >= 0.3 is 0 Å². The molecule has 3 aromatic rings. The number of nitrogens with zero attached hydrogens (tertiary/aromatic N) is 1. The Kier molecular flexibility index (Phi) is 5.30. The predicted molar refractivity (Wildman–Crippen MR) is 127 cm³/mol. The smallest absolute Gasteiger partial charge is 0.225 e. The minimum Gasteiger partial charge on any atom is -0.508 e. The fourth-order valence-electron chi connectivity index (χ4n) is 4.00. The fourth-order valence-corrected chi connectivity index (χ4v) is 4.00. The van der Waals surface area contributed by atoms with E-state index in [1.807, 2.05) is 60.7 Å². The Balaban J connectivity index is 1.49. The third kappa shape index (κ3) is 4.18. The van der Waals surface area contributed by atoms with E-state index in [1.165, 1.54) is 0 Å². The maximum atomic E-state index is 12.7. The van der Waals surface area contributed by atoms with Crippen molar-refractivity contribution < 1.29 is 9.90 Å². The molecule has 0 saturated carbocycles. The molecule has 0 bridgehead atoms. The number of amides is 1. The molecule has 0 saturated heterocycles. The van der Waals surface area contributed by atoms with E-state index in [-0.39, 0.29) is 11.7 Å². The Bertz CT molecular complexity index is 1340. The summed E-state index contributed by atoms with van der Waals surface area (Å²) in [6, 6.07) is 27.3. The van der Waals surface area contributed by atoms with Crippen molar-refractivity contribution in [3.05, 3.63) is 102 Å². The van der Waals surface area contributed by atoms with Gasteiger partial charge in [-0.05, 0) is 47.2 Å². The lowest BCUT2D eigenvalue weighted by Crippen LogP contribution is -2.16. The SMILES string of the molecule is O=C(CCc1ccccc1)Nc1nc2cc3cc(O)ccc3c-2[nH]c1Cc1ccccc1. The summed E-state index contributed by atoms with van der Waals surface area (Å²) in [6.07, 6.45) is 1.67. The summed E-state index contributed by atoms with van der Waals surface area (Å²) in [6.45, 7) is 0. The van der Waals surface area contributed by atoms with E-state index in [0.717, 1.165) is 39.0 Å². The van der Waals surface area contributed by atoms with Gasteiger partial charge in [0.1, 0.15) is 5.75 Å². The zero-order valence-corrected chi connectivity index (χ0v) is 17.5. The van der Waals surface area contributed by atoms with Crippen molar-refractivity contribution in [2.45, 2.75) is 19.3 Å². The summed E-state index contributed by atoms with van der Waals surface area (Å²) in [4.78, 5) is 21.0. The molecular weight excluding hydrogens is 398 g/mol. The summed E-state index contributed by atoms with van der Waals surface area (Å²) in [5, 5.41) is 14.8. The van der Waals surface area contributed by atoms with Crippen LogP contribution >= 0.6 is 0 Å². The highest BCUT2D eigenvalue weighted by atomic mass is 16.3. The van der Waals surface area contributed by atoms with Gasteiger partial charge < -0.3 is 15.4 Å². The monoisotopic (exact) mass is 421 g/mol. The van der Waals surface area contributed by atoms with Crippen LogP contribution in [0.1, 0.15) is 23.2 Å². The summed E-state index contributed by atoms with van der Waals surface area (Å²) in [5.74, 6) is 0.683. The van der Waals surface area contributed by atoms with Crippen LogP contribution < -0.4 is 5.32 Å². The molecule has 5 rings (SSSR count). The van der Waals surface area contributed by atoms with Gasteiger partial charge in [-0.25, -0.2) is 4.98 Å². The van der Waals surface area contributed by atoms with Crippen LogP contribution in [-0.2, 0) is 17.6 Å². The number of aryl methyl sites for hydroxylation is 1. The van der Waals surface area contributed by atoms with Gasteiger partial charge in [-0.1, -0.05) is 60.7 Å². The van der Waals surface area contributed by atoms with Crippen LogP contribution in [0.25, 0.3) is 22.2 Å².